The Balaban J connectivity index is 0.995. The molecule has 0 spiro atoms. The lowest BCUT2D eigenvalue weighted by atomic mass is 10.0. The second kappa shape index (κ2) is 24.7. The van der Waals surface area contributed by atoms with Crippen molar-refractivity contribution in [2.45, 2.75) is 44.7 Å². The molecule has 6 rings (SSSR count). The highest BCUT2D eigenvalue weighted by molar-refractivity contribution is 5.90. The number of fused-ring (bicyclic) bond motifs is 2. The Hall–Kier alpha value is -6.44. The van der Waals surface area contributed by atoms with Crippen LogP contribution >= 0.6 is 0 Å². The zero-order valence-electron chi connectivity index (χ0n) is 40.0. The van der Waals surface area contributed by atoms with Gasteiger partial charge in [-0.2, -0.15) is 4.57 Å². The Morgan fingerprint density at radius 1 is 0.710 bits per heavy atom. The number of nitrogens with one attached hydrogen (secondary N) is 1. The van der Waals surface area contributed by atoms with E-state index in [4.69, 9.17) is 4.74 Å². The molecule has 2 aliphatic heterocycles. The number of hydrogen-bond acceptors (Lipinski definition) is 11. The van der Waals surface area contributed by atoms with Crippen LogP contribution in [0.3, 0.4) is 0 Å². The molecular formula is C51H68N8O10+2. The number of aryl methyl sites for hydroxylation is 1. The Morgan fingerprint density at radius 3 is 1.97 bits per heavy atom. The first-order chi connectivity index (χ1) is 33.0. The van der Waals surface area contributed by atoms with Crippen molar-refractivity contribution >= 4 is 58.1 Å². The van der Waals surface area contributed by atoms with Gasteiger partial charge in [-0.1, -0.05) is 36.4 Å². The summed E-state index contributed by atoms with van der Waals surface area (Å²) in [5.74, 6) is -2.72. The van der Waals surface area contributed by atoms with E-state index in [1.165, 1.54) is 0 Å². The van der Waals surface area contributed by atoms with Crippen molar-refractivity contribution < 1.29 is 58.2 Å². The minimum Gasteiger partial charge on any atom is -0.480 e. The number of carbonyl (C=O) groups excluding carboxylic acids is 1. The van der Waals surface area contributed by atoms with Crippen LogP contribution in [0.25, 0.3) is 17.0 Å². The first-order valence-electron chi connectivity index (χ1n) is 23.6. The number of nitrogens with zero attached hydrogens (tertiary/aromatic N) is 7. The fourth-order valence-corrected chi connectivity index (χ4v) is 9.19. The number of ether oxygens (including phenoxy) is 1. The number of amides is 1. The summed E-state index contributed by atoms with van der Waals surface area (Å²) in [4.78, 5) is 69.3. The Morgan fingerprint density at radius 2 is 1.30 bits per heavy atom. The van der Waals surface area contributed by atoms with Crippen LogP contribution in [0.5, 0.6) is 5.75 Å². The highest BCUT2D eigenvalue weighted by atomic mass is 16.5. The van der Waals surface area contributed by atoms with Crippen LogP contribution in [-0.4, -0.2) is 187 Å². The number of carboxylic acids is 4. The lowest BCUT2D eigenvalue weighted by molar-refractivity contribution is -0.892. The highest BCUT2D eigenvalue weighted by Crippen LogP contribution is 2.38. The molecule has 1 fully saturated rings. The zero-order valence-corrected chi connectivity index (χ0v) is 40.0. The number of quaternary nitrogens is 1. The van der Waals surface area contributed by atoms with Gasteiger partial charge in [-0.15, -0.1) is 0 Å². The highest BCUT2D eigenvalue weighted by Gasteiger charge is 2.28. The Kier molecular flexibility index (Phi) is 18.6. The van der Waals surface area contributed by atoms with Gasteiger partial charge >= 0.3 is 23.9 Å². The predicted molar refractivity (Wildman–Crippen MR) is 262 cm³/mol. The minimum atomic E-state index is -1.08. The van der Waals surface area contributed by atoms with Gasteiger partial charge in [0, 0.05) is 89.2 Å². The molecule has 0 radical (unpaired) electrons. The first-order valence-corrected chi connectivity index (χ1v) is 23.6. The van der Waals surface area contributed by atoms with Gasteiger partial charge < -0.3 is 39.9 Å². The van der Waals surface area contributed by atoms with Crippen LogP contribution in [-0.2, 0) is 36.9 Å². The van der Waals surface area contributed by atoms with E-state index in [0.29, 0.717) is 18.5 Å². The summed E-state index contributed by atoms with van der Waals surface area (Å²) in [6, 6.07) is 25.4. The van der Waals surface area contributed by atoms with E-state index in [1.807, 2.05) is 37.4 Å². The molecule has 1 unspecified atom stereocenters. The smallest absolute Gasteiger partial charge is 0.317 e. The molecule has 1 atom stereocenters. The fraction of sp³-hybridized carbons (Fsp3) is 0.451. The van der Waals surface area contributed by atoms with Gasteiger partial charge in [0.15, 0.2) is 18.5 Å². The summed E-state index contributed by atoms with van der Waals surface area (Å²) in [7, 11) is 6.47. The van der Waals surface area contributed by atoms with Gasteiger partial charge in [-0.05, 0) is 60.7 Å². The summed E-state index contributed by atoms with van der Waals surface area (Å²) in [5.41, 5.74) is 4.75. The monoisotopic (exact) mass is 953 g/mol. The molecule has 0 bridgehead atoms. The zero-order chi connectivity index (χ0) is 49.5. The molecule has 1 saturated heterocycles. The third kappa shape index (κ3) is 16.1. The predicted octanol–water partition coefficient (Wildman–Crippen LogP) is 3.70. The van der Waals surface area contributed by atoms with Gasteiger partial charge in [0.05, 0.1) is 70.9 Å². The molecule has 2 aliphatic rings. The topological polar surface area (TPSA) is 208 Å². The quantitative estimate of drug-likeness (QED) is 0.0459. The largest absolute Gasteiger partial charge is 0.480 e. The molecule has 0 aliphatic carbocycles. The van der Waals surface area contributed by atoms with Gasteiger partial charge in [0.25, 0.3) is 0 Å². The maximum atomic E-state index is 13.1. The molecule has 5 N–H and O–H groups in total. The van der Waals surface area contributed by atoms with Gasteiger partial charge in [0.2, 0.25) is 17.3 Å². The molecule has 3 heterocycles. The van der Waals surface area contributed by atoms with Crippen LogP contribution in [0, 0.1) is 0 Å². The van der Waals surface area contributed by atoms with E-state index in [9.17, 15) is 44.4 Å². The second-order valence-electron chi connectivity index (χ2n) is 18.7. The van der Waals surface area contributed by atoms with Crippen molar-refractivity contribution in [2.24, 2.45) is 0 Å². The Labute approximate surface area is 403 Å². The van der Waals surface area contributed by atoms with E-state index in [-0.39, 0.29) is 77.9 Å². The number of carboxylic acid groups (broad SMARTS) is 4. The van der Waals surface area contributed by atoms with Crippen LogP contribution in [0.1, 0.15) is 36.8 Å². The molecule has 18 heteroatoms. The maximum absolute atomic E-state index is 13.1. The van der Waals surface area contributed by atoms with E-state index in [2.05, 4.69) is 77.6 Å². The molecule has 4 aromatic rings. The van der Waals surface area contributed by atoms with E-state index in [0.717, 1.165) is 82.7 Å². The van der Waals surface area contributed by atoms with Crippen molar-refractivity contribution in [3.63, 3.8) is 0 Å². The van der Waals surface area contributed by atoms with Gasteiger partial charge in [-0.3, -0.25) is 43.6 Å². The average molecular weight is 953 g/mol. The summed E-state index contributed by atoms with van der Waals surface area (Å²) in [6.07, 6.45) is 7.56. The van der Waals surface area contributed by atoms with Crippen molar-refractivity contribution in [3.05, 3.63) is 102 Å². The number of aliphatic carboxylic acids is 4. The van der Waals surface area contributed by atoms with Crippen molar-refractivity contribution in [1.82, 2.24) is 19.6 Å². The van der Waals surface area contributed by atoms with E-state index < -0.39 is 29.9 Å². The summed E-state index contributed by atoms with van der Waals surface area (Å²) >= 11 is 0. The number of carbonyl (C=O) groups is 5. The minimum absolute atomic E-state index is 0.0924. The van der Waals surface area contributed by atoms with Crippen LogP contribution in [0.15, 0.2) is 90.9 Å². The van der Waals surface area contributed by atoms with Gasteiger partial charge in [-0.25, -0.2) is 0 Å². The van der Waals surface area contributed by atoms with Crippen LogP contribution in [0.2, 0.25) is 0 Å². The normalized spacial score (nSPS) is 17.5. The lowest BCUT2D eigenvalue weighted by Gasteiger charge is -2.37. The molecular weight excluding hydrogens is 885 g/mol. The third-order valence-electron chi connectivity index (χ3n) is 12.9. The second-order valence-corrected chi connectivity index (χ2v) is 18.7. The van der Waals surface area contributed by atoms with Crippen molar-refractivity contribution in [1.29, 1.82) is 0 Å². The number of para-hydroxylation sites is 3. The average Bonchev–Trinajstić information content (AvgIpc) is 3.61. The summed E-state index contributed by atoms with van der Waals surface area (Å²) < 4.78 is 9.32. The molecule has 0 saturated carbocycles. The molecule has 1 aromatic heterocycles. The number of rotatable bonds is 21. The van der Waals surface area contributed by atoms with Crippen LogP contribution < -0.4 is 19.5 Å². The SMILES string of the molecule is CN1/C(=C/c2cc[n+](CCC[N+](C)(C)CCCCC(=O)Nc3ccc(CC4CN(CC(=O)O)CCN(CC(=O)O)CCN(CC(=O)O)CCN4CC(=O)O)cc3)c3ccccc23)Oc2ccccc21. The van der Waals surface area contributed by atoms with Crippen molar-refractivity contribution in [2.75, 3.05) is 116 Å². The fourth-order valence-electron chi connectivity index (χ4n) is 9.19. The number of aromatic nitrogens is 1. The first kappa shape index (κ1) is 51.9. The number of anilines is 2. The van der Waals surface area contributed by atoms with E-state index >= 15 is 0 Å². The molecule has 3 aromatic carbocycles. The standard InChI is InChI=1S/C51H66N8O10/c1-53-44-13-6-7-14-45(44)69-47(53)32-39-20-22-57(43-12-5-4-11-42(39)43)21-10-30-59(2,3)29-9-8-15-46(60)52-40-18-16-38(17-19-40)31-41-33-56(36-50(65)66)26-25-54(34-48(61)62)23-24-55(35-49(63)64)27-28-58(41)37-51(67)68/h4-7,11-14,16-20,22,32,41H,8-10,15,21,23-31,33-37H2,1-3H3,(H3-2,52,60,61,62,63,64,65,66,67,68)/p+2. The molecule has 370 valence electrons. The summed E-state index contributed by atoms with van der Waals surface area (Å²) in [5, 5.41) is 42.9. The number of hydrogen-bond donors (Lipinski definition) is 5. The summed E-state index contributed by atoms with van der Waals surface area (Å²) in [6.45, 7) is 2.94. The number of benzene rings is 3. The molecule has 1 amide bonds. The molecule has 18 nitrogen and oxygen atoms in total. The number of unbranched alkanes of at least 4 members (excludes halogenated alkanes) is 1. The van der Waals surface area contributed by atoms with E-state index in [1.54, 1.807) is 31.7 Å². The van der Waals surface area contributed by atoms with Crippen molar-refractivity contribution in [3.8, 4) is 5.75 Å². The lowest BCUT2D eigenvalue weighted by Crippen LogP contribution is -2.53. The third-order valence-corrected chi connectivity index (χ3v) is 12.9. The van der Waals surface area contributed by atoms with Crippen LogP contribution in [0.4, 0.5) is 11.4 Å². The maximum Gasteiger partial charge on any atom is 0.317 e. The Bertz CT molecular complexity index is 2450. The number of pyridine rings is 1. The molecule has 69 heavy (non-hydrogen) atoms. The van der Waals surface area contributed by atoms with Gasteiger partial charge in [0.1, 0.15) is 0 Å².